The average molecular weight is 261 g/mol. The number of carbonyl (C=O) groups excluding carboxylic acids is 1. The molecule has 0 aromatic heterocycles. The zero-order chi connectivity index (χ0) is 13.7. The summed E-state index contributed by atoms with van der Waals surface area (Å²) in [5.41, 5.74) is 2.61. The van der Waals surface area contributed by atoms with Crippen LogP contribution in [0.5, 0.6) is 0 Å². The van der Waals surface area contributed by atoms with E-state index in [4.69, 9.17) is 0 Å². The van der Waals surface area contributed by atoms with Crippen LogP contribution in [0.15, 0.2) is 24.3 Å². The molecule has 0 spiro atoms. The van der Waals surface area contributed by atoms with Gasteiger partial charge < -0.3 is 15.5 Å². The lowest BCUT2D eigenvalue weighted by Gasteiger charge is -2.20. The zero-order valence-corrected chi connectivity index (χ0v) is 11.8. The Hall–Kier alpha value is -1.71. The van der Waals surface area contributed by atoms with Crippen LogP contribution in [0, 0.1) is 0 Å². The van der Waals surface area contributed by atoms with Gasteiger partial charge in [0.25, 0.3) is 0 Å². The first-order valence-corrected chi connectivity index (χ1v) is 7.11. The summed E-state index contributed by atoms with van der Waals surface area (Å²) in [5, 5.41) is 6.41. The highest BCUT2D eigenvalue weighted by Crippen LogP contribution is 2.32. The van der Waals surface area contributed by atoms with E-state index in [1.54, 1.807) is 4.90 Å². The molecule has 1 aliphatic rings. The number of carbonyl (C=O) groups is 1. The first-order chi connectivity index (χ1) is 9.26. The van der Waals surface area contributed by atoms with Gasteiger partial charge in [0.15, 0.2) is 0 Å². The molecule has 1 aliphatic heterocycles. The summed E-state index contributed by atoms with van der Waals surface area (Å²) < 4.78 is 0. The number of urea groups is 1. The zero-order valence-electron chi connectivity index (χ0n) is 11.8. The van der Waals surface area contributed by atoms with Crippen LogP contribution < -0.4 is 10.6 Å². The smallest absolute Gasteiger partial charge is 0.317 e. The molecule has 19 heavy (non-hydrogen) atoms. The Balaban J connectivity index is 1.80. The van der Waals surface area contributed by atoms with Crippen molar-refractivity contribution in [3.63, 3.8) is 0 Å². The molecule has 104 valence electrons. The van der Waals surface area contributed by atoms with Crippen LogP contribution in [0.25, 0.3) is 0 Å². The summed E-state index contributed by atoms with van der Waals surface area (Å²) in [6.45, 7) is 7.23. The van der Waals surface area contributed by atoms with Gasteiger partial charge in [0.05, 0.1) is 0 Å². The van der Waals surface area contributed by atoms with Crippen LogP contribution in [0.4, 0.5) is 10.5 Å². The van der Waals surface area contributed by atoms with Gasteiger partial charge in [-0.1, -0.05) is 18.2 Å². The van der Waals surface area contributed by atoms with Crippen molar-refractivity contribution in [3.8, 4) is 0 Å². The van der Waals surface area contributed by atoms with Crippen LogP contribution in [0.2, 0.25) is 0 Å². The molecule has 4 nitrogen and oxygen atoms in total. The van der Waals surface area contributed by atoms with Gasteiger partial charge in [-0.3, -0.25) is 0 Å². The highest BCUT2D eigenvalue weighted by molar-refractivity contribution is 5.74. The van der Waals surface area contributed by atoms with Gasteiger partial charge in [0, 0.05) is 37.8 Å². The maximum absolute atomic E-state index is 11.8. The number of benzene rings is 1. The summed E-state index contributed by atoms with van der Waals surface area (Å²) in [5.74, 6) is 0.508. The molecule has 0 saturated carbocycles. The highest BCUT2D eigenvalue weighted by Gasteiger charge is 2.21. The third-order valence-electron chi connectivity index (χ3n) is 3.76. The molecule has 1 aromatic carbocycles. The number of anilines is 1. The molecule has 0 bridgehead atoms. The molecule has 0 radical (unpaired) electrons. The van der Waals surface area contributed by atoms with Crippen LogP contribution in [-0.2, 0) is 0 Å². The van der Waals surface area contributed by atoms with Crippen molar-refractivity contribution in [2.75, 3.05) is 31.5 Å². The van der Waals surface area contributed by atoms with Crippen molar-refractivity contribution in [2.45, 2.75) is 26.2 Å². The lowest BCUT2D eigenvalue weighted by atomic mass is 9.98. The number of rotatable bonds is 5. The molecule has 1 aromatic rings. The lowest BCUT2D eigenvalue weighted by molar-refractivity contribution is 0.203. The largest absolute Gasteiger partial charge is 0.384 e. The SMILES string of the molecule is CCN(CC)C(=O)NCCC1CNc2ccccc21. The summed E-state index contributed by atoms with van der Waals surface area (Å²) in [6.07, 6.45) is 0.983. The van der Waals surface area contributed by atoms with Gasteiger partial charge in [-0.25, -0.2) is 4.79 Å². The predicted octanol–water partition coefficient (Wildman–Crippen LogP) is 2.64. The van der Waals surface area contributed by atoms with E-state index < -0.39 is 0 Å². The monoisotopic (exact) mass is 261 g/mol. The van der Waals surface area contributed by atoms with Crippen molar-refractivity contribution >= 4 is 11.7 Å². The fourth-order valence-corrected chi connectivity index (χ4v) is 2.59. The molecule has 0 saturated heterocycles. The molecule has 1 heterocycles. The van der Waals surface area contributed by atoms with E-state index in [0.29, 0.717) is 5.92 Å². The van der Waals surface area contributed by atoms with E-state index in [1.165, 1.54) is 11.3 Å². The number of hydrogen-bond acceptors (Lipinski definition) is 2. The van der Waals surface area contributed by atoms with Crippen LogP contribution in [0.1, 0.15) is 31.7 Å². The predicted molar refractivity (Wildman–Crippen MR) is 78.6 cm³/mol. The molecular formula is C15H23N3O. The Morgan fingerprint density at radius 2 is 2.11 bits per heavy atom. The van der Waals surface area contributed by atoms with E-state index in [9.17, 15) is 4.79 Å². The number of nitrogens with zero attached hydrogens (tertiary/aromatic N) is 1. The fourth-order valence-electron chi connectivity index (χ4n) is 2.59. The van der Waals surface area contributed by atoms with Gasteiger partial charge >= 0.3 is 6.03 Å². The van der Waals surface area contributed by atoms with Gasteiger partial charge in [-0.2, -0.15) is 0 Å². The molecule has 2 amide bonds. The van der Waals surface area contributed by atoms with Crippen molar-refractivity contribution in [1.29, 1.82) is 0 Å². The van der Waals surface area contributed by atoms with E-state index >= 15 is 0 Å². The molecule has 0 aliphatic carbocycles. The van der Waals surface area contributed by atoms with Crippen molar-refractivity contribution in [2.24, 2.45) is 0 Å². The molecule has 0 fully saturated rings. The third kappa shape index (κ3) is 3.19. The normalized spacial score (nSPS) is 16.6. The van der Waals surface area contributed by atoms with Gasteiger partial charge in [-0.05, 0) is 31.9 Å². The number of hydrogen-bond donors (Lipinski definition) is 2. The summed E-state index contributed by atoms with van der Waals surface area (Å²) in [4.78, 5) is 13.6. The van der Waals surface area contributed by atoms with Gasteiger partial charge in [0.2, 0.25) is 0 Å². The van der Waals surface area contributed by atoms with E-state index in [2.05, 4.69) is 34.9 Å². The summed E-state index contributed by atoms with van der Waals surface area (Å²) in [6, 6.07) is 8.46. The summed E-state index contributed by atoms with van der Waals surface area (Å²) >= 11 is 0. The molecule has 2 rings (SSSR count). The minimum absolute atomic E-state index is 0.0456. The first kappa shape index (κ1) is 13.7. The second-order valence-electron chi connectivity index (χ2n) is 4.86. The quantitative estimate of drug-likeness (QED) is 0.856. The first-order valence-electron chi connectivity index (χ1n) is 7.11. The standard InChI is InChI=1S/C15H23N3O/c1-3-18(4-2)15(19)16-10-9-12-11-17-14-8-6-5-7-13(12)14/h5-8,12,17H,3-4,9-11H2,1-2H3,(H,16,19). The number of amides is 2. The van der Waals surface area contributed by atoms with E-state index in [0.717, 1.165) is 32.6 Å². The maximum atomic E-state index is 11.8. The van der Waals surface area contributed by atoms with Gasteiger partial charge in [-0.15, -0.1) is 0 Å². The average Bonchev–Trinajstić information content (AvgIpc) is 2.84. The molecule has 1 atom stereocenters. The fraction of sp³-hybridized carbons (Fsp3) is 0.533. The maximum Gasteiger partial charge on any atom is 0.317 e. The van der Waals surface area contributed by atoms with Crippen LogP contribution >= 0.6 is 0 Å². The highest BCUT2D eigenvalue weighted by atomic mass is 16.2. The van der Waals surface area contributed by atoms with E-state index in [1.807, 2.05) is 13.8 Å². The second-order valence-corrected chi connectivity index (χ2v) is 4.86. The number of para-hydroxylation sites is 1. The van der Waals surface area contributed by atoms with Gasteiger partial charge in [0.1, 0.15) is 0 Å². The van der Waals surface area contributed by atoms with Crippen molar-refractivity contribution in [3.05, 3.63) is 29.8 Å². The molecule has 4 heteroatoms. The number of fused-ring (bicyclic) bond motifs is 1. The topological polar surface area (TPSA) is 44.4 Å². The minimum Gasteiger partial charge on any atom is -0.384 e. The third-order valence-corrected chi connectivity index (χ3v) is 3.76. The summed E-state index contributed by atoms with van der Waals surface area (Å²) in [7, 11) is 0. The Bertz CT molecular complexity index is 429. The Labute approximate surface area is 115 Å². The Kier molecular flexibility index (Phi) is 4.66. The second kappa shape index (κ2) is 6.45. The van der Waals surface area contributed by atoms with Crippen molar-refractivity contribution in [1.82, 2.24) is 10.2 Å². The van der Waals surface area contributed by atoms with Crippen molar-refractivity contribution < 1.29 is 4.79 Å². The van der Waals surface area contributed by atoms with E-state index in [-0.39, 0.29) is 6.03 Å². The Morgan fingerprint density at radius 1 is 1.37 bits per heavy atom. The van der Waals surface area contributed by atoms with Crippen LogP contribution in [0.3, 0.4) is 0 Å². The molecule has 2 N–H and O–H groups in total. The lowest BCUT2D eigenvalue weighted by Crippen LogP contribution is -2.40. The molecular weight excluding hydrogens is 238 g/mol. The molecule has 1 unspecified atom stereocenters. The number of nitrogens with one attached hydrogen (secondary N) is 2. The Morgan fingerprint density at radius 3 is 2.84 bits per heavy atom. The minimum atomic E-state index is 0.0456. The van der Waals surface area contributed by atoms with Crippen LogP contribution in [-0.4, -0.2) is 37.1 Å².